The number of ether oxygens (including phenoxy) is 1. The van der Waals surface area contributed by atoms with Crippen molar-refractivity contribution in [2.24, 2.45) is 5.14 Å². The van der Waals surface area contributed by atoms with Gasteiger partial charge in [-0.2, -0.15) is 0 Å². The van der Waals surface area contributed by atoms with Crippen molar-refractivity contribution < 1.29 is 37.4 Å². The van der Waals surface area contributed by atoms with Gasteiger partial charge < -0.3 is 14.7 Å². The van der Waals surface area contributed by atoms with Gasteiger partial charge in [-0.25, -0.2) is 18.5 Å². The molecule has 3 N–H and O–H groups in total. The van der Waals surface area contributed by atoms with Crippen molar-refractivity contribution in [3.63, 3.8) is 0 Å². The van der Waals surface area contributed by atoms with Crippen molar-refractivity contribution in [3.05, 3.63) is 54.1 Å². The number of hydrogen-bond donors (Lipinski definition) is 2. The summed E-state index contributed by atoms with van der Waals surface area (Å²) in [6, 6.07) is 11.1. The maximum atomic E-state index is 13.3. The van der Waals surface area contributed by atoms with Crippen LogP contribution in [-0.4, -0.2) is 61.3 Å². The quantitative estimate of drug-likeness (QED) is 0.391. The van der Waals surface area contributed by atoms with Crippen LogP contribution in [-0.2, 0) is 35.6 Å². The maximum Gasteiger partial charge on any atom is 0.303 e. The van der Waals surface area contributed by atoms with Crippen molar-refractivity contribution in [1.29, 1.82) is 0 Å². The van der Waals surface area contributed by atoms with E-state index in [2.05, 4.69) is 0 Å². The molecule has 11 nitrogen and oxygen atoms in total. The van der Waals surface area contributed by atoms with Gasteiger partial charge in [-0.1, -0.05) is 19.1 Å². The molecule has 2 aromatic carbocycles. The van der Waals surface area contributed by atoms with E-state index in [1.165, 1.54) is 29.2 Å². The smallest absolute Gasteiger partial charge is 0.303 e. The Balaban J connectivity index is 1.79. The van der Waals surface area contributed by atoms with E-state index in [9.17, 15) is 27.6 Å². The van der Waals surface area contributed by atoms with Gasteiger partial charge in [0.05, 0.1) is 30.0 Å². The monoisotopic (exact) mass is 531 g/mol. The first kappa shape index (κ1) is 27.8. The number of hydrogen-bond acceptors (Lipinski definition) is 7. The summed E-state index contributed by atoms with van der Waals surface area (Å²) >= 11 is 0. The molecule has 0 spiro atoms. The van der Waals surface area contributed by atoms with Crippen LogP contribution >= 0.6 is 0 Å². The fraction of sp³-hybridized carbons (Fsp3) is 0.360. The third-order valence-electron chi connectivity index (χ3n) is 5.83. The van der Waals surface area contributed by atoms with Crippen LogP contribution in [0.2, 0.25) is 0 Å². The molecule has 0 radical (unpaired) electrons. The van der Waals surface area contributed by atoms with Crippen LogP contribution in [0.1, 0.15) is 38.2 Å². The van der Waals surface area contributed by atoms with Crippen molar-refractivity contribution in [3.8, 4) is 5.75 Å². The zero-order valence-electron chi connectivity index (χ0n) is 20.3. The molecule has 12 heteroatoms. The molecule has 3 rings (SSSR count). The summed E-state index contributed by atoms with van der Waals surface area (Å²) in [4.78, 5) is 52.3. The largest absolute Gasteiger partial charge is 0.494 e. The molecule has 3 amide bonds. The predicted octanol–water partition coefficient (Wildman–Crippen LogP) is 1.69. The average molecular weight is 532 g/mol. The van der Waals surface area contributed by atoms with E-state index in [4.69, 9.17) is 15.0 Å². The van der Waals surface area contributed by atoms with Crippen LogP contribution in [0, 0.1) is 0 Å². The Labute approximate surface area is 214 Å². The highest BCUT2D eigenvalue weighted by atomic mass is 32.2. The van der Waals surface area contributed by atoms with Crippen LogP contribution in [0.5, 0.6) is 5.75 Å². The standard InChI is InChI=1S/C25H29N3O8S/c1-2-15-36-19-7-5-18(6-8-19)28-23(30)16-21(25(28)33)27(22(29)11-12-24(31)32)14-13-17-3-9-20(10-4-17)37(26,34)35/h3-10,21H,2,11-16H2,1H3,(H,31,32)(H2,26,34,35)/t21-/m1/s1. The second-order valence-electron chi connectivity index (χ2n) is 8.55. The molecule has 0 aromatic heterocycles. The lowest BCUT2D eigenvalue weighted by atomic mass is 10.1. The van der Waals surface area contributed by atoms with Gasteiger partial charge in [-0.15, -0.1) is 0 Å². The Morgan fingerprint density at radius 3 is 2.30 bits per heavy atom. The van der Waals surface area contributed by atoms with Crippen molar-refractivity contribution in [2.45, 2.75) is 50.0 Å². The first-order valence-electron chi connectivity index (χ1n) is 11.7. The molecule has 0 bridgehead atoms. The lowest BCUT2D eigenvalue weighted by molar-refractivity contribution is -0.143. The molecule has 2 aromatic rings. The third-order valence-corrected chi connectivity index (χ3v) is 6.76. The number of carboxylic acids is 1. The molecule has 198 valence electrons. The van der Waals surface area contributed by atoms with Crippen LogP contribution < -0.4 is 14.8 Å². The number of carboxylic acid groups (broad SMARTS) is 1. The summed E-state index contributed by atoms with van der Waals surface area (Å²) in [7, 11) is -3.86. The molecular weight excluding hydrogens is 502 g/mol. The van der Waals surface area contributed by atoms with Gasteiger partial charge in [-0.3, -0.25) is 19.2 Å². The van der Waals surface area contributed by atoms with Gasteiger partial charge in [0.1, 0.15) is 11.8 Å². The SMILES string of the molecule is CCCOc1ccc(N2C(=O)C[C@@H](N(CCc3ccc(S(N)(=O)=O)cc3)C(=O)CCC(=O)O)C2=O)cc1. The first-order valence-corrected chi connectivity index (χ1v) is 13.3. The van der Waals surface area contributed by atoms with E-state index < -0.39 is 46.2 Å². The van der Waals surface area contributed by atoms with Gasteiger partial charge >= 0.3 is 5.97 Å². The number of anilines is 1. The summed E-state index contributed by atoms with van der Waals surface area (Å²) < 4.78 is 28.5. The number of primary sulfonamides is 1. The van der Waals surface area contributed by atoms with Gasteiger partial charge in [0.25, 0.3) is 5.91 Å². The number of carbonyl (C=O) groups is 4. The molecule has 1 fully saturated rings. The topological polar surface area (TPSA) is 164 Å². The number of aliphatic carboxylic acids is 1. The summed E-state index contributed by atoms with van der Waals surface area (Å²) in [5, 5.41) is 14.1. The van der Waals surface area contributed by atoms with Crippen LogP contribution in [0.25, 0.3) is 0 Å². The van der Waals surface area contributed by atoms with E-state index >= 15 is 0 Å². The van der Waals surface area contributed by atoms with Gasteiger partial charge in [0, 0.05) is 13.0 Å². The Morgan fingerprint density at radius 2 is 1.73 bits per heavy atom. The number of imide groups is 1. The normalized spacial score (nSPS) is 15.6. The zero-order chi connectivity index (χ0) is 27.2. The lowest BCUT2D eigenvalue weighted by Crippen LogP contribution is -2.46. The van der Waals surface area contributed by atoms with E-state index in [0.717, 1.165) is 11.3 Å². The average Bonchev–Trinajstić information content (AvgIpc) is 3.15. The van der Waals surface area contributed by atoms with E-state index in [1.807, 2.05) is 6.92 Å². The van der Waals surface area contributed by atoms with Crippen LogP contribution in [0.4, 0.5) is 5.69 Å². The minimum Gasteiger partial charge on any atom is -0.494 e. The number of benzene rings is 2. The molecule has 1 saturated heterocycles. The maximum absolute atomic E-state index is 13.3. The summed E-state index contributed by atoms with van der Waals surface area (Å²) in [5.74, 6) is -2.20. The lowest BCUT2D eigenvalue weighted by Gasteiger charge is -2.28. The number of sulfonamides is 1. The minimum absolute atomic E-state index is 0.0223. The molecule has 1 aliphatic heterocycles. The Bertz CT molecular complexity index is 1260. The Hall–Kier alpha value is -3.77. The highest BCUT2D eigenvalue weighted by Gasteiger charge is 2.44. The van der Waals surface area contributed by atoms with Crippen molar-refractivity contribution >= 4 is 39.4 Å². The second-order valence-corrected chi connectivity index (χ2v) is 10.1. The highest BCUT2D eigenvalue weighted by Crippen LogP contribution is 2.28. The van der Waals surface area contributed by atoms with E-state index in [0.29, 0.717) is 23.6 Å². The van der Waals surface area contributed by atoms with E-state index in [1.54, 1.807) is 24.3 Å². The van der Waals surface area contributed by atoms with Gasteiger partial charge in [-0.05, 0) is 54.8 Å². The minimum atomic E-state index is -3.86. The molecule has 37 heavy (non-hydrogen) atoms. The molecule has 1 heterocycles. The fourth-order valence-corrected chi connectivity index (χ4v) is 4.46. The Kier molecular flexibility index (Phi) is 9.00. The summed E-state index contributed by atoms with van der Waals surface area (Å²) in [6.45, 7) is 2.52. The molecule has 0 aliphatic carbocycles. The van der Waals surface area contributed by atoms with Crippen molar-refractivity contribution in [1.82, 2.24) is 4.90 Å². The predicted molar refractivity (Wildman–Crippen MR) is 133 cm³/mol. The molecular formula is C25H29N3O8S. The highest BCUT2D eigenvalue weighted by molar-refractivity contribution is 7.89. The van der Waals surface area contributed by atoms with Crippen LogP contribution in [0.3, 0.4) is 0 Å². The molecule has 1 atom stereocenters. The molecule has 0 unspecified atom stereocenters. The summed E-state index contributed by atoms with van der Waals surface area (Å²) in [6.07, 6.45) is 0.0765. The fourth-order valence-electron chi connectivity index (χ4n) is 3.95. The van der Waals surface area contributed by atoms with Gasteiger partial charge in [0.2, 0.25) is 21.8 Å². The number of nitrogens with two attached hydrogens (primary N) is 1. The number of nitrogens with zero attached hydrogens (tertiary/aromatic N) is 2. The third kappa shape index (κ3) is 7.14. The molecule has 0 saturated carbocycles. The first-order chi connectivity index (χ1) is 17.5. The second kappa shape index (κ2) is 12.0. The zero-order valence-corrected chi connectivity index (χ0v) is 21.1. The van der Waals surface area contributed by atoms with Crippen molar-refractivity contribution in [2.75, 3.05) is 18.1 Å². The van der Waals surface area contributed by atoms with Gasteiger partial charge in [0.15, 0.2) is 0 Å². The van der Waals surface area contributed by atoms with E-state index in [-0.39, 0.29) is 30.7 Å². The molecule has 1 aliphatic rings. The Morgan fingerprint density at radius 1 is 1.08 bits per heavy atom. The van der Waals surface area contributed by atoms with Crippen LogP contribution in [0.15, 0.2) is 53.4 Å². The number of carbonyl (C=O) groups excluding carboxylic acids is 3. The number of amides is 3. The summed E-state index contributed by atoms with van der Waals surface area (Å²) in [5.41, 5.74) is 1.01. The number of rotatable bonds is 12.